The van der Waals surface area contributed by atoms with Gasteiger partial charge in [-0.2, -0.15) is 11.3 Å². The summed E-state index contributed by atoms with van der Waals surface area (Å²) in [4.78, 5) is 8.57. The van der Waals surface area contributed by atoms with Crippen molar-refractivity contribution in [1.29, 1.82) is 0 Å². The van der Waals surface area contributed by atoms with E-state index in [1.165, 1.54) is 5.56 Å². The molecule has 2 aromatic rings. The van der Waals surface area contributed by atoms with E-state index in [1.54, 1.807) is 23.7 Å². The Morgan fingerprint density at radius 2 is 2.04 bits per heavy atom. The van der Waals surface area contributed by atoms with Gasteiger partial charge in [-0.1, -0.05) is 6.92 Å². The zero-order chi connectivity index (χ0) is 16.5. The lowest BCUT2D eigenvalue weighted by Crippen LogP contribution is -2.39. The molecule has 2 rings (SSSR count). The summed E-state index contributed by atoms with van der Waals surface area (Å²) in [5.41, 5.74) is 2.15. The molecule has 2 unspecified atom stereocenters. The predicted molar refractivity (Wildman–Crippen MR) is 95.9 cm³/mol. The molecule has 124 valence electrons. The molecule has 0 fully saturated rings. The third-order valence-corrected chi connectivity index (χ3v) is 4.23. The summed E-state index contributed by atoms with van der Waals surface area (Å²) in [6, 6.07) is 5.77. The van der Waals surface area contributed by atoms with Gasteiger partial charge in [0, 0.05) is 37.9 Å². The van der Waals surface area contributed by atoms with Crippen LogP contribution in [-0.4, -0.2) is 35.7 Å². The molecule has 0 bridgehead atoms. The highest BCUT2D eigenvalue weighted by molar-refractivity contribution is 7.07. The van der Waals surface area contributed by atoms with Crippen molar-refractivity contribution in [3.63, 3.8) is 0 Å². The maximum Gasteiger partial charge on any atom is 0.191 e. The monoisotopic (exact) mass is 332 g/mol. The molecule has 0 aromatic carbocycles. The van der Waals surface area contributed by atoms with Crippen LogP contribution in [0.3, 0.4) is 0 Å². The van der Waals surface area contributed by atoms with E-state index in [0.717, 1.165) is 18.1 Å². The summed E-state index contributed by atoms with van der Waals surface area (Å²) >= 11 is 1.71. The van der Waals surface area contributed by atoms with Crippen molar-refractivity contribution in [2.24, 2.45) is 4.99 Å². The second kappa shape index (κ2) is 9.27. The fraction of sp³-hybridized carbons (Fsp3) is 0.412. The van der Waals surface area contributed by atoms with Crippen LogP contribution in [0.15, 0.2) is 46.3 Å². The summed E-state index contributed by atoms with van der Waals surface area (Å²) in [6.45, 7) is 6.09. The van der Waals surface area contributed by atoms with Crippen LogP contribution in [0.4, 0.5) is 0 Å². The van der Waals surface area contributed by atoms with Crippen LogP contribution < -0.4 is 10.6 Å². The smallest absolute Gasteiger partial charge is 0.191 e. The average molecular weight is 332 g/mol. The predicted octanol–water partition coefficient (Wildman–Crippen LogP) is 2.54. The minimum absolute atomic E-state index is 0.377. The highest BCUT2D eigenvalue weighted by atomic mass is 32.1. The van der Waals surface area contributed by atoms with Crippen LogP contribution in [0, 0.1) is 0 Å². The van der Waals surface area contributed by atoms with Gasteiger partial charge in [0.15, 0.2) is 5.96 Å². The highest BCUT2D eigenvalue weighted by Crippen LogP contribution is 2.18. The number of hydrogen-bond acceptors (Lipinski definition) is 4. The molecule has 0 aliphatic rings. The van der Waals surface area contributed by atoms with Crippen molar-refractivity contribution in [1.82, 2.24) is 15.6 Å². The number of hydrogen-bond donors (Lipinski definition) is 3. The van der Waals surface area contributed by atoms with Crippen molar-refractivity contribution in [2.45, 2.75) is 25.9 Å². The number of aliphatic hydroxyl groups is 1. The second-order valence-corrected chi connectivity index (χ2v) is 6.13. The Labute approximate surface area is 141 Å². The summed E-state index contributed by atoms with van der Waals surface area (Å²) in [5, 5.41) is 20.8. The summed E-state index contributed by atoms with van der Waals surface area (Å²) < 4.78 is 0. The van der Waals surface area contributed by atoms with Gasteiger partial charge in [-0.15, -0.1) is 0 Å². The van der Waals surface area contributed by atoms with Crippen molar-refractivity contribution in [3.8, 4) is 0 Å². The van der Waals surface area contributed by atoms with Crippen molar-refractivity contribution in [3.05, 3.63) is 52.5 Å². The summed E-state index contributed by atoms with van der Waals surface area (Å²) in [7, 11) is 0. The van der Waals surface area contributed by atoms with E-state index in [2.05, 4.69) is 44.4 Å². The molecule has 2 atom stereocenters. The molecular weight excluding hydrogens is 308 g/mol. The molecule has 0 saturated heterocycles. The van der Waals surface area contributed by atoms with E-state index in [1.807, 2.05) is 19.1 Å². The van der Waals surface area contributed by atoms with Gasteiger partial charge < -0.3 is 15.7 Å². The van der Waals surface area contributed by atoms with Gasteiger partial charge in [-0.3, -0.25) is 9.98 Å². The standard InChI is InChI=1S/C17H24N4OS/c1-3-19-17(20-10-13(2)15-6-9-23-12-15)21-11-16(22)14-4-7-18-8-5-14/h4-9,12-13,16,22H,3,10-11H2,1-2H3,(H2,19,20,21). The zero-order valence-corrected chi connectivity index (χ0v) is 14.4. The quantitative estimate of drug-likeness (QED) is 0.538. The Balaban J connectivity index is 1.89. The van der Waals surface area contributed by atoms with Gasteiger partial charge >= 0.3 is 0 Å². The Morgan fingerprint density at radius 3 is 2.70 bits per heavy atom. The number of pyridine rings is 1. The molecule has 6 heteroatoms. The van der Waals surface area contributed by atoms with Gasteiger partial charge in [0.1, 0.15) is 0 Å². The van der Waals surface area contributed by atoms with Crippen LogP contribution >= 0.6 is 11.3 Å². The van der Waals surface area contributed by atoms with E-state index in [4.69, 9.17) is 0 Å². The molecular formula is C17H24N4OS. The first-order valence-electron chi connectivity index (χ1n) is 7.83. The minimum atomic E-state index is -0.587. The van der Waals surface area contributed by atoms with Gasteiger partial charge in [-0.05, 0) is 47.0 Å². The van der Waals surface area contributed by atoms with E-state index < -0.39 is 6.10 Å². The molecule has 0 spiro atoms. The first kappa shape index (κ1) is 17.4. The SMILES string of the molecule is CCNC(=NCC(C)c1ccsc1)NCC(O)c1ccncc1. The lowest BCUT2D eigenvalue weighted by atomic mass is 10.1. The Bertz CT molecular complexity index is 586. The van der Waals surface area contributed by atoms with Gasteiger partial charge in [0.05, 0.1) is 6.10 Å². The zero-order valence-electron chi connectivity index (χ0n) is 13.6. The number of aliphatic hydroxyl groups excluding tert-OH is 1. The lowest BCUT2D eigenvalue weighted by molar-refractivity contribution is 0.180. The van der Waals surface area contributed by atoms with Crippen molar-refractivity contribution in [2.75, 3.05) is 19.6 Å². The van der Waals surface area contributed by atoms with Crippen LogP contribution in [0.5, 0.6) is 0 Å². The molecule has 0 aliphatic heterocycles. The Morgan fingerprint density at radius 1 is 1.26 bits per heavy atom. The van der Waals surface area contributed by atoms with Crippen LogP contribution in [-0.2, 0) is 0 Å². The molecule has 23 heavy (non-hydrogen) atoms. The minimum Gasteiger partial charge on any atom is -0.387 e. The molecule has 0 saturated carbocycles. The van der Waals surface area contributed by atoms with Crippen LogP contribution in [0.25, 0.3) is 0 Å². The fourth-order valence-corrected chi connectivity index (χ4v) is 2.91. The maximum absolute atomic E-state index is 10.2. The van der Waals surface area contributed by atoms with Gasteiger partial charge in [0.2, 0.25) is 0 Å². The third kappa shape index (κ3) is 5.65. The maximum atomic E-state index is 10.2. The topological polar surface area (TPSA) is 69.5 Å². The van der Waals surface area contributed by atoms with E-state index in [9.17, 15) is 5.11 Å². The van der Waals surface area contributed by atoms with E-state index in [0.29, 0.717) is 19.0 Å². The van der Waals surface area contributed by atoms with Crippen molar-refractivity contribution < 1.29 is 5.11 Å². The number of guanidine groups is 1. The Kier molecular flexibility index (Phi) is 7.03. The van der Waals surface area contributed by atoms with Gasteiger partial charge in [0.25, 0.3) is 0 Å². The molecule has 2 aromatic heterocycles. The molecule has 2 heterocycles. The average Bonchev–Trinajstić information content (AvgIpc) is 3.12. The summed E-state index contributed by atoms with van der Waals surface area (Å²) in [5.74, 6) is 1.10. The number of thiophene rings is 1. The molecule has 3 N–H and O–H groups in total. The number of nitrogens with one attached hydrogen (secondary N) is 2. The number of aromatic nitrogens is 1. The third-order valence-electron chi connectivity index (χ3n) is 3.53. The normalized spacial score (nSPS) is 14.3. The Hall–Kier alpha value is -1.92. The molecule has 0 amide bonds. The molecule has 0 aliphatic carbocycles. The van der Waals surface area contributed by atoms with Crippen LogP contribution in [0.2, 0.25) is 0 Å². The van der Waals surface area contributed by atoms with Gasteiger partial charge in [-0.25, -0.2) is 0 Å². The highest BCUT2D eigenvalue weighted by Gasteiger charge is 2.09. The second-order valence-electron chi connectivity index (χ2n) is 5.35. The lowest BCUT2D eigenvalue weighted by Gasteiger charge is -2.16. The molecule has 0 radical (unpaired) electrons. The first-order chi connectivity index (χ1) is 11.2. The summed E-state index contributed by atoms with van der Waals surface area (Å²) in [6.07, 6.45) is 2.77. The number of nitrogens with zero attached hydrogens (tertiary/aromatic N) is 2. The van der Waals surface area contributed by atoms with E-state index >= 15 is 0 Å². The first-order valence-corrected chi connectivity index (χ1v) is 8.77. The van der Waals surface area contributed by atoms with Crippen LogP contribution in [0.1, 0.15) is 37.0 Å². The number of aliphatic imine (C=N–C) groups is 1. The fourth-order valence-electron chi connectivity index (χ4n) is 2.13. The largest absolute Gasteiger partial charge is 0.387 e. The molecule has 5 nitrogen and oxygen atoms in total. The van der Waals surface area contributed by atoms with E-state index in [-0.39, 0.29) is 0 Å². The number of rotatable bonds is 7. The van der Waals surface area contributed by atoms with Crippen molar-refractivity contribution >= 4 is 17.3 Å².